The third-order valence-corrected chi connectivity index (χ3v) is 4.10. The van der Waals surface area contributed by atoms with Gasteiger partial charge in [0.15, 0.2) is 0 Å². The van der Waals surface area contributed by atoms with E-state index in [0.29, 0.717) is 11.6 Å². The van der Waals surface area contributed by atoms with Crippen LogP contribution in [0, 0.1) is 5.92 Å². The molecule has 1 aromatic heterocycles. The molecule has 3 nitrogen and oxygen atoms in total. The number of thiophene rings is 1. The molecule has 0 spiro atoms. The van der Waals surface area contributed by atoms with E-state index >= 15 is 0 Å². The van der Waals surface area contributed by atoms with E-state index in [1.165, 1.54) is 30.6 Å². The molecule has 1 aliphatic carbocycles. The van der Waals surface area contributed by atoms with Gasteiger partial charge in [-0.05, 0) is 31.2 Å². The highest BCUT2D eigenvalue weighted by atomic mass is 32.1. The predicted octanol–water partition coefficient (Wildman–Crippen LogP) is 2.72. The predicted molar refractivity (Wildman–Crippen MR) is 64.9 cm³/mol. The molecule has 0 aliphatic heterocycles. The number of aromatic carboxylic acids is 1. The molecule has 0 aromatic carbocycles. The quantitative estimate of drug-likeness (QED) is 0.849. The molecule has 1 aromatic rings. The summed E-state index contributed by atoms with van der Waals surface area (Å²) in [6.45, 7) is 3.09. The fourth-order valence-corrected chi connectivity index (χ4v) is 3.03. The Balaban J connectivity index is 1.83. The maximum Gasteiger partial charge on any atom is 0.336 e. The minimum absolute atomic E-state index is 0.404. The number of hydrogen-bond acceptors (Lipinski definition) is 3. The third-order valence-electron chi connectivity index (χ3n) is 3.16. The van der Waals surface area contributed by atoms with Crippen molar-refractivity contribution in [3.05, 3.63) is 21.9 Å². The summed E-state index contributed by atoms with van der Waals surface area (Å²) in [5.41, 5.74) is 0.404. The minimum Gasteiger partial charge on any atom is -0.478 e. The van der Waals surface area contributed by atoms with Gasteiger partial charge in [0, 0.05) is 22.8 Å². The largest absolute Gasteiger partial charge is 0.478 e. The van der Waals surface area contributed by atoms with Gasteiger partial charge in [-0.15, -0.1) is 11.3 Å². The average Bonchev–Trinajstić information content (AvgIpc) is 2.83. The molecule has 88 valence electrons. The van der Waals surface area contributed by atoms with Crippen molar-refractivity contribution in [2.24, 2.45) is 5.92 Å². The van der Waals surface area contributed by atoms with Crippen molar-refractivity contribution in [1.29, 1.82) is 0 Å². The van der Waals surface area contributed by atoms with E-state index in [9.17, 15) is 4.79 Å². The van der Waals surface area contributed by atoms with E-state index in [1.54, 1.807) is 11.4 Å². The van der Waals surface area contributed by atoms with Gasteiger partial charge in [-0.2, -0.15) is 0 Å². The Morgan fingerprint density at radius 3 is 3.00 bits per heavy atom. The topological polar surface area (TPSA) is 49.3 Å². The third kappa shape index (κ3) is 2.83. The maximum absolute atomic E-state index is 10.7. The van der Waals surface area contributed by atoms with Crippen LogP contribution < -0.4 is 5.32 Å². The molecule has 0 amide bonds. The Bertz CT molecular complexity index is 375. The van der Waals surface area contributed by atoms with Crippen molar-refractivity contribution in [2.45, 2.75) is 38.8 Å². The van der Waals surface area contributed by atoms with Gasteiger partial charge >= 0.3 is 5.97 Å². The van der Waals surface area contributed by atoms with Crippen molar-refractivity contribution in [3.63, 3.8) is 0 Å². The van der Waals surface area contributed by atoms with Crippen LogP contribution >= 0.6 is 11.3 Å². The van der Waals surface area contributed by atoms with Crippen LogP contribution in [0.3, 0.4) is 0 Å². The lowest BCUT2D eigenvalue weighted by Gasteiger charge is -2.10. The first-order valence-electron chi connectivity index (χ1n) is 5.69. The van der Waals surface area contributed by atoms with Gasteiger partial charge in [0.25, 0.3) is 0 Å². The van der Waals surface area contributed by atoms with Gasteiger partial charge in [-0.3, -0.25) is 0 Å². The molecule has 2 rings (SSSR count). The molecule has 0 saturated heterocycles. The summed E-state index contributed by atoms with van der Waals surface area (Å²) < 4.78 is 0. The van der Waals surface area contributed by atoms with E-state index in [2.05, 4.69) is 12.2 Å². The number of carboxylic acids is 1. The fraction of sp³-hybridized carbons (Fsp3) is 0.583. The number of carbonyl (C=O) groups is 1. The summed E-state index contributed by atoms with van der Waals surface area (Å²) in [6, 6.07) is 2.38. The molecule has 0 bridgehead atoms. The average molecular weight is 239 g/mol. The molecule has 1 aliphatic rings. The van der Waals surface area contributed by atoms with Gasteiger partial charge < -0.3 is 10.4 Å². The monoisotopic (exact) mass is 239 g/mol. The van der Waals surface area contributed by atoms with E-state index in [4.69, 9.17) is 5.11 Å². The Labute approximate surface area is 99.5 Å². The maximum atomic E-state index is 10.7. The zero-order chi connectivity index (χ0) is 11.5. The van der Waals surface area contributed by atoms with Gasteiger partial charge in [0.1, 0.15) is 0 Å². The normalized spacial score (nSPS) is 24.8. The van der Waals surface area contributed by atoms with E-state index in [1.807, 2.05) is 0 Å². The van der Waals surface area contributed by atoms with Crippen molar-refractivity contribution in [2.75, 3.05) is 0 Å². The number of nitrogens with one attached hydrogen (secondary N) is 1. The summed E-state index contributed by atoms with van der Waals surface area (Å²) in [5, 5.41) is 14.0. The molecule has 4 heteroatoms. The summed E-state index contributed by atoms with van der Waals surface area (Å²) >= 11 is 1.52. The standard InChI is InChI=1S/C12H17NO2S/c1-8-2-3-10(4-8)13-6-11-5-9(7-16-11)12(14)15/h5,7-8,10,13H,2-4,6H2,1H3,(H,14,15). The summed E-state index contributed by atoms with van der Waals surface area (Å²) in [6.07, 6.45) is 3.80. The Kier molecular flexibility index (Phi) is 3.61. The van der Waals surface area contributed by atoms with Crippen LogP contribution in [0.4, 0.5) is 0 Å². The van der Waals surface area contributed by atoms with E-state index < -0.39 is 5.97 Å². The van der Waals surface area contributed by atoms with Crippen LogP contribution in [0.2, 0.25) is 0 Å². The Morgan fingerprint density at radius 1 is 1.62 bits per heavy atom. The van der Waals surface area contributed by atoms with Gasteiger partial charge in [0.2, 0.25) is 0 Å². The zero-order valence-electron chi connectivity index (χ0n) is 9.40. The molecule has 16 heavy (non-hydrogen) atoms. The lowest BCUT2D eigenvalue weighted by Crippen LogP contribution is -2.25. The highest BCUT2D eigenvalue weighted by molar-refractivity contribution is 7.10. The van der Waals surface area contributed by atoms with Gasteiger partial charge in [0.05, 0.1) is 5.56 Å². The van der Waals surface area contributed by atoms with Crippen LogP contribution in [0.25, 0.3) is 0 Å². The molecule has 2 N–H and O–H groups in total. The lowest BCUT2D eigenvalue weighted by molar-refractivity contribution is 0.0697. The first-order valence-corrected chi connectivity index (χ1v) is 6.57. The summed E-state index contributed by atoms with van der Waals surface area (Å²) in [4.78, 5) is 11.8. The molecule has 2 unspecified atom stereocenters. The van der Waals surface area contributed by atoms with Crippen molar-refractivity contribution >= 4 is 17.3 Å². The summed E-state index contributed by atoms with van der Waals surface area (Å²) in [5.74, 6) is -0.00703. The summed E-state index contributed by atoms with van der Waals surface area (Å²) in [7, 11) is 0. The highest BCUT2D eigenvalue weighted by Crippen LogP contribution is 2.25. The molecule has 1 fully saturated rings. The first kappa shape index (κ1) is 11.6. The van der Waals surface area contributed by atoms with Crippen LogP contribution in [0.1, 0.15) is 41.4 Å². The highest BCUT2D eigenvalue weighted by Gasteiger charge is 2.20. The molecule has 0 radical (unpaired) electrons. The Hall–Kier alpha value is -0.870. The van der Waals surface area contributed by atoms with E-state index in [0.717, 1.165) is 17.3 Å². The Morgan fingerprint density at radius 2 is 2.44 bits per heavy atom. The van der Waals surface area contributed by atoms with Crippen molar-refractivity contribution in [3.8, 4) is 0 Å². The van der Waals surface area contributed by atoms with E-state index in [-0.39, 0.29) is 0 Å². The minimum atomic E-state index is -0.836. The molecular formula is C12H17NO2S. The van der Waals surface area contributed by atoms with Crippen molar-refractivity contribution < 1.29 is 9.90 Å². The first-order chi connectivity index (χ1) is 7.65. The number of hydrogen-bond donors (Lipinski definition) is 2. The van der Waals surface area contributed by atoms with Crippen molar-refractivity contribution in [1.82, 2.24) is 5.32 Å². The van der Waals surface area contributed by atoms with Gasteiger partial charge in [-0.1, -0.05) is 6.92 Å². The number of carboxylic acid groups (broad SMARTS) is 1. The SMILES string of the molecule is CC1CCC(NCc2cc(C(=O)O)cs2)C1. The second kappa shape index (κ2) is 4.97. The lowest BCUT2D eigenvalue weighted by atomic mass is 10.1. The van der Waals surface area contributed by atoms with Crippen LogP contribution in [-0.2, 0) is 6.54 Å². The fourth-order valence-electron chi connectivity index (χ4n) is 2.22. The molecule has 1 heterocycles. The smallest absolute Gasteiger partial charge is 0.336 e. The molecular weight excluding hydrogens is 222 g/mol. The zero-order valence-corrected chi connectivity index (χ0v) is 10.2. The van der Waals surface area contributed by atoms with Crippen LogP contribution in [0.5, 0.6) is 0 Å². The molecule has 2 atom stereocenters. The molecule has 1 saturated carbocycles. The van der Waals surface area contributed by atoms with Crippen LogP contribution in [-0.4, -0.2) is 17.1 Å². The number of rotatable bonds is 4. The second-order valence-corrected chi connectivity index (χ2v) is 5.60. The van der Waals surface area contributed by atoms with Gasteiger partial charge in [-0.25, -0.2) is 4.79 Å². The van der Waals surface area contributed by atoms with Crippen LogP contribution in [0.15, 0.2) is 11.4 Å². The second-order valence-electron chi connectivity index (χ2n) is 4.60.